The van der Waals surface area contributed by atoms with Crippen LogP contribution in [-0.4, -0.2) is 23.4 Å². The summed E-state index contributed by atoms with van der Waals surface area (Å²) in [6.45, 7) is 6.67. The van der Waals surface area contributed by atoms with E-state index < -0.39 is 5.54 Å². The van der Waals surface area contributed by atoms with Gasteiger partial charge in [-0.1, -0.05) is 23.7 Å². The minimum atomic E-state index is -0.403. The maximum absolute atomic E-state index is 12.6. The molecule has 1 aliphatic rings. The molecule has 0 aliphatic carbocycles. The largest absolute Gasteiger partial charge is 0.497 e. The number of benzene rings is 1. The highest BCUT2D eigenvalue weighted by molar-refractivity contribution is 6.33. The van der Waals surface area contributed by atoms with Gasteiger partial charge >= 0.3 is 0 Å². The average Bonchev–Trinajstić information content (AvgIpc) is 3.05. The molecule has 0 amide bonds. The fourth-order valence-corrected chi connectivity index (χ4v) is 3.57. The molecule has 1 saturated heterocycles. The topological polar surface area (TPSA) is 47.4 Å². The molecule has 0 radical (unpaired) electrons. The van der Waals surface area contributed by atoms with Crippen LogP contribution in [0.1, 0.15) is 45.2 Å². The van der Waals surface area contributed by atoms with E-state index in [2.05, 4.69) is 22.1 Å². The van der Waals surface area contributed by atoms with Crippen molar-refractivity contribution in [3.8, 4) is 5.75 Å². The van der Waals surface area contributed by atoms with Crippen LogP contribution < -0.4 is 15.2 Å². The molecule has 2 heterocycles. The minimum Gasteiger partial charge on any atom is -0.497 e. The molecule has 0 unspecified atom stereocenters. The Morgan fingerprint density at radius 1 is 1.24 bits per heavy atom. The number of anilines is 1. The normalized spacial score (nSPS) is 17.8. The van der Waals surface area contributed by atoms with Crippen LogP contribution in [0.3, 0.4) is 0 Å². The van der Waals surface area contributed by atoms with E-state index in [1.165, 1.54) is 10.2 Å². The van der Waals surface area contributed by atoms with Gasteiger partial charge in [0.15, 0.2) is 0 Å². The Labute approximate surface area is 153 Å². The van der Waals surface area contributed by atoms with Gasteiger partial charge in [0.05, 0.1) is 30.6 Å². The molecule has 0 spiro atoms. The number of ether oxygens (including phenoxy) is 1. The first-order valence-corrected chi connectivity index (χ1v) is 8.89. The number of aromatic nitrogens is 2. The van der Waals surface area contributed by atoms with Crippen molar-refractivity contribution in [3.05, 3.63) is 51.4 Å². The molecule has 25 heavy (non-hydrogen) atoms. The van der Waals surface area contributed by atoms with E-state index in [4.69, 9.17) is 16.3 Å². The smallest absolute Gasteiger partial charge is 0.288 e. The van der Waals surface area contributed by atoms with Gasteiger partial charge in [-0.2, -0.15) is 5.10 Å². The molecule has 6 heteroatoms. The second kappa shape index (κ2) is 6.71. The van der Waals surface area contributed by atoms with Gasteiger partial charge in [0, 0.05) is 6.54 Å². The van der Waals surface area contributed by atoms with Crippen LogP contribution in [0, 0.1) is 0 Å². The summed E-state index contributed by atoms with van der Waals surface area (Å²) in [5, 5.41) is 4.61. The van der Waals surface area contributed by atoms with E-state index in [0.29, 0.717) is 5.69 Å². The van der Waals surface area contributed by atoms with Crippen molar-refractivity contribution in [3.63, 3.8) is 0 Å². The molecule has 1 aromatic carbocycles. The van der Waals surface area contributed by atoms with Crippen molar-refractivity contribution >= 4 is 17.3 Å². The van der Waals surface area contributed by atoms with Gasteiger partial charge in [-0.25, -0.2) is 4.68 Å². The Hall–Kier alpha value is -2.01. The third kappa shape index (κ3) is 3.38. The van der Waals surface area contributed by atoms with Gasteiger partial charge in [0.1, 0.15) is 10.8 Å². The van der Waals surface area contributed by atoms with E-state index in [1.54, 1.807) is 13.3 Å². The molecule has 2 aromatic rings. The lowest BCUT2D eigenvalue weighted by Gasteiger charge is -2.29. The monoisotopic (exact) mass is 361 g/mol. The second-order valence-corrected chi connectivity index (χ2v) is 7.73. The first-order valence-electron chi connectivity index (χ1n) is 8.52. The number of hydrogen-bond acceptors (Lipinski definition) is 4. The fourth-order valence-electron chi connectivity index (χ4n) is 3.33. The van der Waals surface area contributed by atoms with Crippen molar-refractivity contribution in [2.24, 2.45) is 0 Å². The van der Waals surface area contributed by atoms with Crippen LogP contribution in [0.5, 0.6) is 5.75 Å². The van der Waals surface area contributed by atoms with Gasteiger partial charge in [-0.05, 0) is 51.3 Å². The van der Waals surface area contributed by atoms with Gasteiger partial charge in [-0.3, -0.25) is 4.79 Å². The molecule has 1 atom stereocenters. The van der Waals surface area contributed by atoms with Crippen molar-refractivity contribution in [1.82, 2.24) is 9.78 Å². The Bertz CT molecular complexity index is 809. The molecule has 0 saturated carbocycles. The van der Waals surface area contributed by atoms with Crippen LogP contribution in [0.2, 0.25) is 5.02 Å². The predicted molar refractivity (Wildman–Crippen MR) is 101 cm³/mol. The summed E-state index contributed by atoms with van der Waals surface area (Å²) in [5.74, 6) is 0.834. The van der Waals surface area contributed by atoms with Crippen LogP contribution in [0.15, 0.2) is 35.3 Å². The summed E-state index contributed by atoms with van der Waals surface area (Å²) < 4.78 is 6.68. The van der Waals surface area contributed by atoms with E-state index >= 15 is 0 Å². The summed E-state index contributed by atoms with van der Waals surface area (Å²) in [6.07, 6.45) is 3.79. The lowest BCUT2D eigenvalue weighted by molar-refractivity contribution is 0.338. The third-order valence-corrected chi connectivity index (χ3v) is 4.95. The van der Waals surface area contributed by atoms with Gasteiger partial charge in [0.2, 0.25) is 0 Å². The van der Waals surface area contributed by atoms with Gasteiger partial charge in [-0.15, -0.1) is 0 Å². The van der Waals surface area contributed by atoms with Crippen LogP contribution in [0.25, 0.3) is 0 Å². The zero-order valence-corrected chi connectivity index (χ0v) is 15.9. The van der Waals surface area contributed by atoms with Crippen molar-refractivity contribution < 1.29 is 4.74 Å². The summed E-state index contributed by atoms with van der Waals surface area (Å²) in [7, 11) is 1.66. The molecule has 0 N–H and O–H groups in total. The van der Waals surface area contributed by atoms with E-state index in [-0.39, 0.29) is 16.6 Å². The number of halogens is 1. The van der Waals surface area contributed by atoms with Gasteiger partial charge in [0.25, 0.3) is 5.56 Å². The minimum absolute atomic E-state index is 0.190. The Morgan fingerprint density at radius 2 is 1.92 bits per heavy atom. The highest BCUT2D eigenvalue weighted by Gasteiger charge is 2.30. The van der Waals surface area contributed by atoms with Crippen LogP contribution >= 0.6 is 11.6 Å². The maximum atomic E-state index is 12.6. The van der Waals surface area contributed by atoms with E-state index in [1.807, 2.05) is 32.9 Å². The Morgan fingerprint density at radius 3 is 2.52 bits per heavy atom. The van der Waals surface area contributed by atoms with Crippen molar-refractivity contribution in [1.29, 1.82) is 0 Å². The molecule has 3 rings (SSSR count). The van der Waals surface area contributed by atoms with Crippen molar-refractivity contribution in [2.45, 2.75) is 45.2 Å². The SMILES string of the molecule is COc1ccc([C@H]2CCCN2c2cnn(C(C)(C)C)c(=O)c2Cl)cc1. The summed E-state index contributed by atoms with van der Waals surface area (Å²) >= 11 is 6.45. The highest BCUT2D eigenvalue weighted by Crippen LogP contribution is 2.38. The van der Waals surface area contributed by atoms with Crippen molar-refractivity contribution in [2.75, 3.05) is 18.6 Å². The first kappa shape index (κ1) is 17.8. The number of rotatable bonds is 3. The van der Waals surface area contributed by atoms with E-state index in [9.17, 15) is 4.79 Å². The summed E-state index contributed by atoms with van der Waals surface area (Å²) in [5.41, 5.74) is 1.26. The molecule has 134 valence electrons. The third-order valence-electron chi connectivity index (χ3n) is 4.60. The van der Waals surface area contributed by atoms with Gasteiger partial charge < -0.3 is 9.64 Å². The summed E-state index contributed by atoms with van der Waals surface area (Å²) in [4.78, 5) is 14.8. The number of hydrogen-bond donors (Lipinski definition) is 0. The Kier molecular flexibility index (Phi) is 4.78. The fraction of sp³-hybridized carbons (Fsp3) is 0.474. The number of methoxy groups -OCH3 is 1. The van der Waals surface area contributed by atoms with Crippen LogP contribution in [-0.2, 0) is 5.54 Å². The molecule has 1 aromatic heterocycles. The standard InChI is InChI=1S/C19H24ClN3O2/c1-19(2,3)23-18(24)17(20)16(12-21-23)22-11-5-6-15(22)13-7-9-14(25-4)10-8-13/h7-10,12,15H,5-6,11H2,1-4H3/t15-/m1/s1. The molecule has 1 aliphatic heterocycles. The zero-order valence-electron chi connectivity index (χ0n) is 15.1. The highest BCUT2D eigenvalue weighted by atomic mass is 35.5. The molecule has 0 bridgehead atoms. The zero-order chi connectivity index (χ0) is 18.2. The lowest BCUT2D eigenvalue weighted by atomic mass is 10.0. The van der Waals surface area contributed by atoms with Crippen LogP contribution in [0.4, 0.5) is 5.69 Å². The lowest BCUT2D eigenvalue weighted by Crippen LogP contribution is -2.37. The average molecular weight is 362 g/mol. The first-order chi connectivity index (χ1) is 11.8. The molecule has 1 fully saturated rings. The number of nitrogens with zero attached hydrogens (tertiary/aromatic N) is 3. The molecular weight excluding hydrogens is 338 g/mol. The maximum Gasteiger partial charge on any atom is 0.288 e. The quantitative estimate of drug-likeness (QED) is 0.829. The second-order valence-electron chi connectivity index (χ2n) is 7.36. The van der Waals surface area contributed by atoms with E-state index in [0.717, 1.165) is 25.1 Å². The Balaban J connectivity index is 1.97. The molecule has 5 nitrogen and oxygen atoms in total. The summed E-state index contributed by atoms with van der Waals surface area (Å²) in [6, 6.07) is 8.25. The molecular formula is C19H24ClN3O2. The predicted octanol–water partition coefficient (Wildman–Crippen LogP) is 4.00.